The molecule has 3 heterocycles. The topological polar surface area (TPSA) is 102 Å². The van der Waals surface area contributed by atoms with E-state index < -0.39 is 0 Å². The fraction of sp³-hybridized carbons (Fsp3) is 0.324. The van der Waals surface area contributed by atoms with Gasteiger partial charge in [-0.3, -0.25) is 9.69 Å². The monoisotopic (exact) mass is 636 g/mol. The first-order chi connectivity index (χ1) is 23.0. The largest absolute Gasteiger partial charge is 0.493 e. The second kappa shape index (κ2) is 15.6. The molecule has 3 aromatic carbocycles. The van der Waals surface area contributed by atoms with E-state index in [0.717, 1.165) is 62.6 Å². The van der Waals surface area contributed by atoms with Crippen molar-refractivity contribution in [1.29, 1.82) is 0 Å². The minimum atomic E-state index is -0.378. The standard InChI is InChI=1S/C37H40N4O6/c1-27-2-15-35(38-24-27)46-33-13-11-32(12-14-33)45-26-29-16-18-41(19-17-29)37(43)47-34-9-7-31(8-10-34)39-36(42)30-5-3-28(4-6-30)25-40-20-22-44-23-21-40/h2-15,24,29H,16-23,25-26H2,1H3,(H,39,42). The van der Waals surface area contributed by atoms with Gasteiger partial charge in [0.25, 0.3) is 5.91 Å². The number of amides is 2. The van der Waals surface area contributed by atoms with Crippen LogP contribution in [0, 0.1) is 12.8 Å². The number of aromatic nitrogens is 1. The first-order valence-corrected chi connectivity index (χ1v) is 16.1. The zero-order valence-electron chi connectivity index (χ0n) is 26.6. The zero-order valence-corrected chi connectivity index (χ0v) is 26.6. The number of benzene rings is 3. The number of rotatable bonds is 10. The van der Waals surface area contributed by atoms with Crippen LogP contribution in [0.25, 0.3) is 0 Å². The Balaban J connectivity index is 0.895. The second-order valence-corrected chi connectivity index (χ2v) is 11.9. The molecule has 10 heteroatoms. The van der Waals surface area contributed by atoms with Gasteiger partial charge in [0.2, 0.25) is 5.88 Å². The highest BCUT2D eigenvalue weighted by Gasteiger charge is 2.25. The fourth-order valence-electron chi connectivity index (χ4n) is 5.49. The summed E-state index contributed by atoms with van der Waals surface area (Å²) in [6.45, 7) is 7.97. The number of anilines is 1. The number of nitrogens with one attached hydrogen (secondary N) is 1. The molecule has 10 nitrogen and oxygen atoms in total. The average Bonchev–Trinajstić information content (AvgIpc) is 3.11. The molecule has 0 aliphatic carbocycles. The molecule has 0 saturated carbocycles. The Labute approximate surface area is 275 Å². The van der Waals surface area contributed by atoms with E-state index in [4.69, 9.17) is 18.9 Å². The molecule has 2 saturated heterocycles. The number of carbonyl (C=O) groups is 2. The Bertz CT molecular complexity index is 1600. The summed E-state index contributed by atoms with van der Waals surface area (Å²) >= 11 is 0. The van der Waals surface area contributed by atoms with Gasteiger partial charge in [-0.2, -0.15) is 0 Å². The zero-order chi connectivity index (χ0) is 32.4. The number of morpholine rings is 1. The lowest BCUT2D eigenvalue weighted by Crippen LogP contribution is -2.41. The highest BCUT2D eigenvalue weighted by atomic mass is 16.6. The fourth-order valence-corrected chi connectivity index (χ4v) is 5.49. The van der Waals surface area contributed by atoms with Gasteiger partial charge >= 0.3 is 6.09 Å². The average molecular weight is 637 g/mol. The first kappa shape index (κ1) is 32.0. The number of likely N-dealkylation sites (tertiary alicyclic amines) is 1. The van der Waals surface area contributed by atoms with E-state index in [0.29, 0.717) is 54.2 Å². The predicted octanol–water partition coefficient (Wildman–Crippen LogP) is 6.56. The first-order valence-electron chi connectivity index (χ1n) is 16.1. The number of hydrogen-bond donors (Lipinski definition) is 1. The van der Waals surface area contributed by atoms with Crippen LogP contribution in [-0.2, 0) is 11.3 Å². The Morgan fingerprint density at radius 2 is 1.51 bits per heavy atom. The lowest BCUT2D eigenvalue weighted by atomic mass is 9.98. The summed E-state index contributed by atoms with van der Waals surface area (Å²) in [4.78, 5) is 33.9. The van der Waals surface area contributed by atoms with E-state index in [1.807, 2.05) is 67.6 Å². The molecule has 0 spiro atoms. The minimum Gasteiger partial charge on any atom is -0.493 e. The van der Waals surface area contributed by atoms with Crippen molar-refractivity contribution in [3.63, 3.8) is 0 Å². The molecule has 0 radical (unpaired) electrons. The van der Waals surface area contributed by atoms with Crippen LogP contribution < -0.4 is 19.5 Å². The quantitative estimate of drug-likeness (QED) is 0.209. The Morgan fingerprint density at radius 3 is 2.19 bits per heavy atom. The van der Waals surface area contributed by atoms with E-state index in [1.54, 1.807) is 35.4 Å². The SMILES string of the molecule is Cc1ccc(Oc2ccc(OCC3CCN(C(=O)Oc4ccc(NC(=O)c5ccc(CN6CCOCC6)cc5)cc4)CC3)cc2)nc1. The van der Waals surface area contributed by atoms with Gasteiger partial charge in [-0.05, 0) is 97.5 Å². The Morgan fingerprint density at radius 1 is 0.830 bits per heavy atom. The maximum absolute atomic E-state index is 12.8. The highest BCUT2D eigenvalue weighted by molar-refractivity contribution is 6.04. The predicted molar refractivity (Wildman–Crippen MR) is 178 cm³/mol. The van der Waals surface area contributed by atoms with Crippen LogP contribution >= 0.6 is 0 Å². The number of hydrogen-bond acceptors (Lipinski definition) is 8. The third kappa shape index (κ3) is 9.31. The summed E-state index contributed by atoms with van der Waals surface area (Å²) in [5, 5.41) is 2.91. The van der Waals surface area contributed by atoms with Crippen LogP contribution in [-0.4, -0.2) is 72.8 Å². The van der Waals surface area contributed by atoms with Crippen molar-refractivity contribution in [3.8, 4) is 23.1 Å². The Hall–Kier alpha value is -4.93. The molecule has 2 fully saturated rings. The smallest absolute Gasteiger partial charge is 0.415 e. The van der Waals surface area contributed by atoms with Gasteiger partial charge in [0.15, 0.2) is 0 Å². The maximum Gasteiger partial charge on any atom is 0.415 e. The lowest BCUT2D eigenvalue weighted by molar-refractivity contribution is 0.0342. The van der Waals surface area contributed by atoms with E-state index in [-0.39, 0.29) is 12.0 Å². The van der Waals surface area contributed by atoms with Crippen LogP contribution in [0.5, 0.6) is 23.1 Å². The van der Waals surface area contributed by atoms with Crippen molar-refractivity contribution in [2.24, 2.45) is 5.92 Å². The number of ether oxygens (including phenoxy) is 4. The van der Waals surface area contributed by atoms with Crippen LogP contribution in [0.2, 0.25) is 0 Å². The summed E-state index contributed by atoms with van der Waals surface area (Å²) in [6.07, 6.45) is 3.05. The number of pyridine rings is 1. The molecular weight excluding hydrogens is 596 g/mol. The van der Waals surface area contributed by atoms with Gasteiger partial charge in [-0.1, -0.05) is 18.2 Å². The molecular formula is C37H40N4O6. The lowest BCUT2D eigenvalue weighted by Gasteiger charge is -2.31. The van der Waals surface area contributed by atoms with Crippen molar-refractivity contribution in [2.75, 3.05) is 51.3 Å². The molecule has 2 aliphatic heterocycles. The molecule has 0 atom stereocenters. The molecule has 1 aromatic heterocycles. The number of aryl methyl sites for hydroxylation is 1. The van der Waals surface area contributed by atoms with Crippen molar-refractivity contribution in [1.82, 2.24) is 14.8 Å². The van der Waals surface area contributed by atoms with Gasteiger partial charge in [0.1, 0.15) is 17.2 Å². The molecule has 244 valence electrons. The molecule has 47 heavy (non-hydrogen) atoms. The summed E-state index contributed by atoms with van der Waals surface area (Å²) in [6, 6.07) is 25.8. The number of nitrogens with zero attached hydrogens (tertiary/aromatic N) is 3. The molecule has 2 aliphatic rings. The van der Waals surface area contributed by atoms with Crippen LogP contribution in [0.1, 0.15) is 34.3 Å². The van der Waals surface area contributed by atoms with Crippen molar-refractivity contribution in [2.45, 2.75) is 26.3 Å². The van der Waals surface area contributed by atoms with Gasteiger partial charge in [-0.25, -0.2) is 9.78 Å². The molecule has 1 N–H and O–H groups in total. The molecule has 0 unspecified atom stereocenters. The molecule has 4 aromatic rings. The van der Waals surface area contributed by atoms with Crippen LogP contribution in [0.3, 0.4) is 0 Å². The van der Waals surface area contributed by atoms with Crippen molar-refractivity contribution in [3.05, 3.63) is 108 Å². The molecule has 6 rings (SSSR count). The Kier molecular flexibility index (Phi) is 10.6. The summed E-state index contributed by atoms with van der Waals surface area (Å²) in [5.41, 5.74) is 3.45. The van der Waals surface area contributed by atoms with Crippen LogP contribution in [0.4, 0.5) is 10.5 Å². The summed E-state index contributed by atoms with van der Waals surface area (Å²) in [7, 11) is 0. The summed E-state index contributed by atoms with van der Waals surface area (Å²) < 4.78 is 22.8. The third-order valence-corrected chi connectivity index (χ3v) is 8.33. The van der Waals surface area contributed by atoms with Gasteiger partial charge in [-0.15, -0.1) is 0 Å². The molecule has 2 amide bonds. The van der Waals surface area contributed by atoms with Crippen molar-refractivity contribution < 1.29 is 28.5 Å². The summed E-state index contributed by atoms with van der Waals surface area (Å²) in [5.74, 6) is 2.59. The van der Waals surface area contributed by atoms with E-state index >= 15 is 0 Å². The minimum absolute atomic E-state index is 0.193. The highest BCUT2D eigenvalue weighted by Crippen LogP contribution is 2.25. The van der Waals surface area contributed by atoms with Crippen molar-refractivity contribution >= 4 is 17.7 Å². The van der Waals surface area contributed by atoms with Gasteiger partial charge < -0.3 is 29.2 Å². The maximum atomic E-state index is 12.8. The van der Waals surface area contributed by atoms with E-state index in [2.05, 4.69) is 15.2 Å². The number of carbonyl (C=O) groups excluding carboxylic acids is 2. The van der Waals surface area contributed by atoms with E-state index in [9.17, 15) is 9.59 Å². The second-order valence-electron chi connectivity index (χ2n) is 11.9. The molecule has 0 bridgehead atoms. The normalized spacial score (nSPS) is 15.6. The number of piperidine rings is 1. The van der Waals surface area contributed by atoms with E-state index in [1.165, 1.54) is 0 Å². The third-order valence-electron chi connectivity index (χ3n) is 8.33. The van der Waals surface area contributed by atoms with Crippen LogP contribution in [0.15, 0.2) is 91.1 Å². The van der Waals surface area contributed by atoms with Gasteiger partial charge in [0, 0.05) is 56.2 Å². The van der Waals surface area contributed by atoms with Gasteiger partial charge in [0.05, 0.1) is 19.8 Å².